The Morgan fingerprint density at radius 2 is 1.95 bits per heavy atom. The standard InChI is InChI=1S/C15H13BrO4/c1-19-13-8-11(16)7-12(15(17)18)14(13)20-9-10-5-3-2-4-6-10/h2-8H,9H2,1H3,(H,17,18). The molecule has 2 rings (SSSR count). The molecule has 0 fully saturated rings. The van der Waals surface area contributed by atoms with E-state index >= 15 is 0 Å². The summed E-state index contributed by atoms with van der Waals surface area (Å²) in [5.41, 5.74) is 1.01. The molecule has 0 saturated carbocycles. The molecular formula is C15H13BrO4. The van der Waals surface area contributed by atoms with Gasteiger partial charge in [0.2, 0.25) is 0 Å². The van der Waals surface area contributed by atoms with Gasteiger partial charge >= 0.3 is 5.97 Å². The fourth-order valence-corrected chi connectivity index (χ4v) is 2.19. The van der Waals surface area contributed by atoms with Crippen LogP contribution in [-0.4, -0.2) is 18.2 Å². The SMILES string of the molecule is COc1cc(Br)cc(C(=O)O)c1OCc1ccccc1. The maximum Gasteiger partial charge on any atom is 0.339 e. The van der Waals surface area contributed by atoms with E-state index in [2.05, 4.69) is 15.9 Å². The van der Waals surface area contributed by atoms with Crippen LogP contribution in [0.3, 0.4) is 0 Å². The molecule has 0 atom stereocenters. The summed E-state index contributed by atoms with van der Waals surface area (Å²) in [5, 5.41) is 9.25. The second kappa shape index (κ2) is 6.43. The van der Waals surface area contributed by atoms with Gasteiger partial charge in [0.15, 0.2) is 11.5 Å². The lowest BCUT2D eigenvalue weighted by atomic mass is 10.2. The summed E-state index contributed by atoms with van der Waals surface area (Å²) >= 11 is 3.25. The second-order valence-electron chi connectivity index (χ2n) is 4.06. The van der Waals surface area contributed by atoms with Crippen molar-refractivity contribution in [3.63, 3.8) is 0 Å². The third-order valence-electron chi connectivity index (χ3n) is 2.70. The van der Waals surface area contributed by atoms with E-state index in [-0.39, 0.29) is 17.9 Å². The summed E-state index contributed by atoms with van der Waals surface area (Å²) in [6, 6.07) is 12.7. The lowest BCUT2D eigenvalue weighted by Crippen LogP contribution is -2.05. The summed E-state index contributed by atoms with van der Waals surface area (Å²) in [6.07, 6.45) is 0. The molecule has 0 aromatic heterocycles. The summed E-state index contributed by atoms with van der Waals surface area (Å²) < 4.78 is 11.4. The number of carbonyl (C=O) groups is 1. The lowest BCUT2D eigenvalue weighted by molar-refractivity contribution is 0.0690. The van der Waals surface area contributed by atoms with E-state index in [0.29, 0.717) is 10.2 Å². The molecule has 20 heavy (non-hydrogen) atoms. The predicted octanol–water partition coefficient (Wildman–Crippen LogP) is 3.73. The van der Waals surface area contributed by atoms with Crippen LogP contribution in [0.15, 0.2) is 46.9 Å². The van der Waals surface area contributed by atoms with Gasteiger partial charge in [-0.3, -0.25) is 0 Å². The quantitative estimate of drug-likeness (QED) is 0.903. The molecule has 0 saturated heterocycles. The van der Waals surface area contributed by atoms with Crippen LogP contribution in [0.4, 0.5) is 0 Å². The van der Waals surface area contributed by atoms with Gasteiger partial charge in [-0.15, -0.1) is 0 Å². The molecule has 1 N–H and O–H groups in total. The van der Waals surface area contributed by atoms with Gasteiger partial charge in [-0.2, -0.15) is 0 Å². The smallest absolute Gasteiger partial charge is 0.339 e. The monoisotopic (exact) mass is 336 g/mol. The third-order valence-corrected chi connectivity index (χ3v) is 3.15. The second-order valence-corrected chi connectivity index (χ2v) is 4.98. The molecule has 0 spiro atoms. The minimum Gasteiger partial charge on any atom is -0.493 e. The molecule has 0 amide bonds. The van der Waals surface area contributed by atoms with E-state index in [0.717, 1.165) is 5.56 Å². The number of rotatable bonds is 5. The van der Waals surface area contributed by atoms with Crippen molar-refractivity contribution in [2.45, 2.75) is 6.61 Å². The van der Waals surface area contributed by atoms with Gasteiger partial charge in [0.25, 0.3) is 0 Å². The molecule has 0 bridgehead atoms. The highest BCUT2D eigenvalue weighted by molar-refractivity contribution is 9.10. The number of halogens is 1. The molecule has 0 heterocycles. The Morgan fingerprint density at radius 3 is 2.55 bits per heavy atom. The van der Waals surface area contributed by atoms with Crippen LogP contribution in [-0.2, 0) is 6.61 Å². The molecule has 4 nitrogen and oxygen atoms in total. The molecule has 0 aliphatic carbocycles. The number of methoxy groups -OCH3 is 1. The fourth-order valence-electron chi connectivity index (χ4n) is 1.76. The number of benzene rings is 2. The molecule has 0 aliphatic heterocycles. The number of hydrogen-bond acceptors (Lipinski definition) is 3. The minimum absolute atomic E-state index is 0.0622. The van der Waals surface area contributed by atoms with Crippen molar-refractivity contribution in [3.05, 3.63) is 58.1 Å². The van der Waals surface area contributed by atoms with Gasteiger partial charge in [-0.05, 0) is 17.7 Å². The van der Waals surface area contributed by atoms with E-state index in [1.165, 1.54) is 13.2 Å². The highest BCUT2D eigenvalue weighted by atomic mass is 79.9. The van der Waals surface area contributed by atoms with Gasteiger partial charge in [-0.25, -0.2) is 4.79 Å². The van der Waals surface area contributed by atoms with Gasteiger partial charge in [0.1, 0.15) is 12.2 Å². The first kappa shape index (κ1) is 14.4. The van der Waals surface area contributed by atoms with Gasteiger partial charge in [0.05, 0.1) is 7.11 Å². The maximum atomic E-state index is 11.3. The molecule has 2 aromatic carbocycles. The van der Waals surface area contributed by atoms with Crippen molar-refractivity contribution >= 4 is 21.9 Å². The van der Waals surface area contributed by atoms with Gasteiger partial charge < -0.3 is 14.6 Å². The van der Waals surface area contributed by atoms with Crippen LogP contribution in [0.25, 0.3) is 0 Å². The molecule has 104 valence electrons. The first-order chi connectivity index (χ1) is 9.61. The summed E-state index contributed by atoms with van der Waals surface area (Å²) in [5.74, 6) is -0.451. The number of hydrogen-bond donors (Lipinski definition) is 1. The van der Waals surface area contributed by atoms with Crippen molar-refractivity contribution in [2.24, 2.45) is 0 Å². The normalized spacial score (nSPS) is 10.1. The van der Waals surface area contributed by atoms with Crippen LogP contribution in [0.2, 0.25) is 0 Å². The summed E-state index contributed by atoms with van der Waals surface area (Å²) in [7, 11) is 1.47. The fraction of sp³-hybridized carbons (Fsp3) is 0.133. The highest BCUT2D eigenvalue weighted by Gasteiger charge is 2.18. The predicted molar refractivity (Wildman–Crippen MR) is 78.4 cm³/mol. The zero-order valence-electron chi connectivity index (χ0n) is 10.8. The summed E-state index contributed by atoms with van der Waals surface area (Å²) in [6.45, 7) is 0.277. The number of aromatic carboxylic acids is 1. The Labute approximate surface area is 125 Å². The zero-order chi connectivity index (χ0) is 14.5. The van der Waals surface area contributed by atoms with Gasteiger partial charge in [-0.1, -0.05) is 46.3 Å². The van der Waals surface area contributed by atoms with E-state index in [9.17, 15) is 9.90 Å². The van der Waals surface area contributed by atoms with Crippen molar-refractivity contribution in [3.8, 4) is 11.5 Å². The maximum absolute atomic E-state index is 11.3. The van der Waals surface area contributed by atoms with Crippen LogP contribution >= 0.6 is 15.9 Å². The van der Waals surface area contributed by atoms with Crippen LogP contribution in [0.5, 0.6) is 11.5 Å². The molecule has 5 heteroatoms. The molecule has 0 radical (unpaired) electrons. The lowest BCUT2D eigenvalue weighted by Gasteiger charge is -2.14. The average Bonchev–Trinajstić information content (AvgIpc) is 2.46. The van der Waals surface area contributed by atoms with Crippen LogP contribution < -0.4 is 9.47 Å². The zero-order valence-corrected chi connectivity index (χ0v) is 12.4. The van der Waals surface area contributed by atoms with Crippen molar-refractivity contribution in [1.82, 2.24) is 0 Å². The van der Waals surface area contributed by atoms with Crippen LogP contribution in [0, 0.1) is 0 Å². The number of carboxylic acid groups (broad SMARTS) is 1. The summed E-state index contributed by atoms with van der Waals surface area (Å²) in [4.78, 5) is 11.3. The average molecular weight is 337 g/mol. The van der Waals surface area contributed by atoms with E-state index in [4.69, 9.17) is 9.47 Å². The molecule has 2 aromatic rings. The highest BCUT2D eigenvalue weighted by Crippen LogP contribution is 2.35. The minimum atomic E-state index is -1.06. The van der Waals surface area contributed by atoms with Crippen molar-refractivity contribution in [1.29, 1.82) is 0 Å². The topological polar surface area (TPSA) is 55.8 Å². The Hall–Kier alpha value is -2.01. The third kappa shape index (κ3) is 3.30. The Bertz CT molecular complexity index is 611. The molecule has 0 aliphatic rings. The Morgan fingerprint density at radius 1 is 1.25 bits per heavy atom. The van der Waals surface area contributed by atoms with E-state index in [1.54, 1.807) is 6.07 Å². The molecular weight excluding hydrogens is 324 g/mol. The number of carboxylic acids is 1. The van der Waals surface area contributed by atoms with Crippen molar-refractivity contribution < 1.29 is 19.4 Å². The first-order valence-corrected chi connectivity index (χ1v) is 6.68. The van der Waals surface area contributed by atoms with E-state index in [1.807, 2.05) is 30.3 Å². The van der Waals surface area contributed by atoms with Crippen molar-refractivity contribution in [2.75, 3.05) is 7.11 Å². The Kier molecular flexibility index (Phi) is 4.63. The molecule has 0 unspecified atom stereocenters. The van der Waals surface area contributed by atoms with Gasteiger partial charge in [0, 0.05) is 4.47 Å². The van der Waals surface area contributed by atoms with Crippen LogP contribution in [0.1, 0.15) is 15.9 Å². The van der Waals surface area contributed by atoms with E-state index < -0.39 is 5.97 Å². The Balaban J connectivity index is 2.32. The first-order valence-electron chi connectivity index (χ1n) is 5.89. The largest absolute Gasteiger partial charge is 0.493 e. The number of ether oxygens (including phenoxy) is 2.